The molecule has 0 spiro atoms. The number of likely N-dealkylation sites (tertiary alicyclic amines) is 1. The molecular formula is C8H17N3O2. The fourth-order valence-corrected chi connectivity index (χ4v) is 1.43. The van der Waals surface area contributed by atoms with Crippen molar-refractivity contribution in [1.82, 2.24) is 10.2 Å². The maximum Gasteiger partial charge on any atom is 0.234 e. The van der Waals surface area contributed by atoms with Gasteiger partial charge in [0.15, 0.2) is 0 Å². The van der Waals surface area contributed by atoms with Crippen LogP contribution in [0.25, 0.3) is 0 Å². The molecule has 0 aromatic carbocycles. The first kappa shape index (κ1) is 10.4. The molecule has 5 nitrogen and oxygen atoms in total. The minimum Gasteiger partial charge on any atom is -0.392 e. The number of nitrogens with one attached hydrogen (secondary N) is 1. The van der Waals surface area contributed by atoms with Crippen LogP contribution in [0, 0.1) is 0 Å². The van der Waals surface area contributed by atoms with E-state index in [0.717, 1.165) is 13.0 Å². The quantitative estimate of drug-likeness (QED) is 0.482. The largest absolute Gasteiger partial charge is 0.392 e. The molecule has 0 bridgehead atoms. The van der Waals surface area contributed by atoms with Crippen LogP contribution >= 0.6 is 0 Å². The highest BCUT2D eigenvalue weighted by Gasteiger charge is 2.21. The number of nitrogens with zero attached hydrogens (tertiary/aromatic N) is 1. The lowest BCUT2D eigenvalue weighted by Gasteiger charge is -2.13. The first-order valence-electron chi connectivity index (χ1n) is 4.59. The van der Waals surface area contributed by atoms with Crippen molar-refractivity contribution in [2.75, 3.05) is 32.7 Å². The first-order valence-corrected chi connectivity index (χ1v) is 4.59. The van der Waals surface area contributed by atoms with E-state index >= 15 is 0 Å². The van der Waals surface area contributed by atoms with Crippen LogP contribution in [0.3, 0.4) is 0 Å². The van der Waals surface area contributed by atoms with Crippen molar-refractivity contribution in [2.45, 2.75) is 12.5 Å². The van der Waals surface area contributed by atoms with Crippen LogP contribution in [-0.4, -0.2) is 54.7 Å². The molecule has 13 heavy (non-hydrogen) atoms. The molecule has 0 saturated carbocycles. The topological polar surface area (TPSA) is 78.6 Å². The molecule has 1 aliphatic rings. The highest BCUT2D eigenvalue weighted by molar-refractivity contribution is 5.78. The summed E-state index contributed by atoms with van der Waals surface area (Å²) in [5.41, 5.74) is 5.24. The first-order chi connectivity index (χ1) is 6.22. The third-order valence-electron chi connectivity index (χ3n) is 2.08. The maximum atomic E-state index is 11.2. The van der Waals surface area contributed by atoms with Gasteiger partial charge >= 0.3 is 0 Å². The van der Waals surface area contributed by atoms with Gasteiger partial charge < -0.3 is 16.2 Å². The van der Waals surface area contributed by atoms with Gasteiger partial charge in [0.2, 0.25) is 5.91 Å². The predicted octanol–water partition coefficient (Wildman–Crippen LogP) is -1.87. The Morgan fingerprint density at radius 2 is 2.46 bits per heavy atom. The number of β-amino-alcohol motifs (C(OH)–C–C–N with tert-alkyl or cyclic N) is 1. The van der Waals surface area contributed by atoms with E-state index in [0.29, 0.717) is 26.2 Å². The molecule has 1 saturated heterocycles. The highest BCUT2D eigenvalue weighted by atomic mass is 16.3. The van der Waals surface area contributed by atoms with Gasteiger partial charge in [-0.2, -0.15) is 0 Å². The van der Waals surface area contributed by atoms with Gasteiger partial charge in [0.25, 0.3) is 0 Å². The zero-order chi connectivity index (χ0) is 9.68. The molecule has 0 radical (unpaired) electrons. The number of carbonyl (C=O) groups excluding carboxylic acids is 1. The van der Waals surface area contributed by atoms with E-state index in [4.69, 9.17) is 5.73 Å². The summed E-state index contributed by atoms with van der Waals surface area (Å²) in [5.74, 6) is -0.0143. The van der Waals surface area contributed by atoms with Crippen molar-refractivity contribution in [2.24, 2.45) is 5.73 Å². The summed E-state index contributed by atoms with van der Waals surface area (Å²) >= 11 is 0. The number of hydrogen-bond donors (Lipinski definition) is 3. The predicted molar refractivity (Wildman–Crippen MR) is 49.1 cm³/mol. The average Bonchev–Trinajstić information content (AvgIpc) is 2.48. The molecule has 5 heteroatoms. The Morgan fingerprint density at radius 1 is 1.69 bits per heavy atom. The van der Waals surface area contributed by atoms with Gasteiger partial charge in [0.05, 0.1) is 12.6 Å². The van der Waals surface area contributed by atoms with Crippen molar-refractivity contribution in [3.63, 3.8) is 0 Å². The molecule has 1 rings (SSSR count). The Kier molecular flexibility index (Phi) is 4.14. The van der Waals surface area contributed by atoms with Crippen molar-refractivity contribution in [3.8, 4) is 0 Å². The lowest BCUT2D eigenvalue weighted by Crippen LogP contribution is -2.38. The van der Waals surface area contributed by atoms with Crippen LogP contribution in [0.1, 0.15) is 6.42 Å². The summed E-state index contributed by atoms with van der Waals surface area (Å²) in [5, 5.41) is 11.9. The Bertz CT molecular complexity index is 175. The summed E-state index contributed by atoms with van der Waals surface area (Å²) in [6, 6.07) is 0. The van der Waals surface area contributed by atoms with Crippen molar-refractivity contribution >= 4 is 5.91 Å². The van der Waals surface area contributed by atoms with Gasteiger partial charge in [-0.15, -0.1) is 0 Å². The second kappa shape index (κ2) is 5.16. The van der Waals surface area contributed by atoms with Crippen molar-refractivity contribution in [1.29, 1.82) is 0 Å². The van der Waals surface area contributed by atoms with Gasteiger partial charge in [0.1, 0.15) is 0 Å². The van der Waals surface area contributed by atoms with Crippen molar-refractivity contribution in [3.05, 3.63) is 0 Å². The zero-order valence-corrected chi connectivity index (χ0v) is 7.70. The minimum atomic E-state index is -0.262. The summed E-state index contributed by atoms with van der Waals surface area (Å²) in [4.78, 5) is 13.1. The molecule has 1 aliphatic heterocycles. The normalized spacial score (nSPS) is 23.4. The second-order valence-corrected chi connectivity index (χ2v) is 3.32. The summed E-state index contributed by atoms with van der Waals surface area (Å²) < 4.78 is 0. The maximum absolute atomic E-state index is 11.2. The number of rotatable bonds is 4. The number of amides is 1. The van der Waals surface area contributed by atoms with Crippen LogP contribution in [0.4, 0.5) is 0 Å². The van der Waals surface area contributed by atoms with Crippen molar-refractivity contribution < 1.29 is 9.90 Å². The summed E-state index contributed by atoms with van der Waals surface area (Å²) in [6.07, 6.45) is 0.506. The molecule has 1 amide bonds. The van der Waals surface area contributed by atoms with Gasteiger partial charge in [-0.3, -0.25) is 9.69 Å². The Labute approximate surface area is 77.9 Å². The van der Waals surface area contributed by atoms with Gasteiger partial charge in [-0.25, -0.2) is 0 Å². The fourth-order valence-electron chi connectivity index (χ4n) is 1.43. The monoisotopic (exact) mass is 187 g/mol. The van der Waals surface area contributed by atoms with E-state index in [9.17, 15) is 9.90 Å². The Balaban J connectivity index is 2.13. The Hall–Kier alpha value is -0.650. The van der Waals surface area contributed by atoms with Crippen LogP contribution in [0.2, 0.25) is 0 Å². The number of aliphatic hydroxyl groups excluding tert-OH is 1. The standard InChI is InChI=1S/C8H17N3O2/c9-2-3-10-8(13)6-11-4-1-7(12)5-11/h7,12H,1-6,9H2,(H,10,13). The van der Waals surface area contributed by atoms with E-state index in [1.807, 2.05) is 4.90 Å². The number of hydrogen-bond acceptors (Lipinski definition) is 4. The highest BCUT2D eigenvalue weighted by Crippen LogP contribution is 2.07. The lowest BCUT2D eigenvalue weighted by molar-refractivity contribution is -0.122. The number of aliphatic hydroxyl groups is 1. The molecule has 1 fully saturated rings. The zero-order valence-electron chi connectivity index (χ0n) is 7.70. The molecular weight excluding hydrogens is 170 g/mol. The lowest BCUT2D eigenvalue weighted by atomic mass is 10.3. The van der Waals surface area contributed by atoms with E-state index in [2.05, 4.69) is 5.32 Å². The van der Waals surface area contributed by atoms with E-state index in [1.165, 1.54) is 0 Å². The van der Waals surface area contributed by atoms with Crippen LogP contribution < -0.4 is 11.1 Å². The molecule has 1 unspecified atom stereocenters. The third-order valence-corrected chi connectivity index (χ3v) is 2.08. The van der Waals surface area contributed by atoms with E-state index in [-0.39, 0.29) is 12.0 Å². The molecule has 0 aromatic rings. The van der Waals surface area contributed by atoms with Crippen LogP contribution in [0.5, 0.6) is 0 Å². The van der Waals surface area contributed by atoms with E-state index < -0.39 is 0 Å². The molecule has 0 aromatic heterocycles. The fraction of sp³-hybridized carbons (Fsp3) is 0.875. The van der Waals surface area contributed by atoms with Gasteiger partial charge in [-0.1, -0.05) is 0 Å². The van der Waals surface area contributed by atoms with Gasteiger partial charge in [0, 0.05) is 26.2 Å². The molecule has 0 aliphatic carbocycles. The number of nitrogens with two attached hydrogens (primary N) is 1. The van der Waals surface area contributed by atoms with E-state index in [1.54, 1.807) is 0 Å². The Morgan fingerprint density at radius 3 is 3.00 bits per heavy atom. The number of carbonyl (C=O) groups is 1. The minimum absolute atomic E-state index is 0.0143. The third kappa shape index (κ3) is 3.71. The van der Waals surface area contributed by atoms with Crippen LogP contribution in [0.15, 0.2) is 0 Å². The smallest absolute Gasteiger partial charge is 0.234 e. The molecule has 1 heterocycles. The molecule has 1 atom stereocenters. The van der Waals surface area contributed by atoms with Gasteiger partial charge in [-0.05, 0) is 6.42 Å². The second-order valence-electron chi connectivity index (χ2n) is 3.32. The summed E-state index contributed by atoms with van der Waals surface area (Å²) in [6.45, 7) is 2.77. The SMILES string of the molecule is NCCNC(=O)CN1CCC(O)C1. The van der Waals surface area contributed by atoms with Crippen LogP contribution in [-0.2, 0) is 4.79 Å². The average molecular weight is 187 g/mol. The molecule has 4 N–H and O–H groups in total. The molecule has 76 valence electrons. The summed E-state index contributed by atoms with van der Waals surface area (Å²) in [7, 11) is 0.